The van der Waals surface area contributed by atoms with Gasteiger partial charge in [0.05, 0.1) is 0 Å². The largest absolute Gasteiger partial charge is 0.310 e. The van der Waals surface area contributed by atoms with E-state index in [2.05, 4.69) is 37.9 Å². The molecule has 18 heavy (non-hydrogen) atoms. The number of nitrogens with zero attached hydrogens (tertiary/aromatic N) is 1. The van der Waals surface area contributed by atoms with Crippen molar-refractivity contribution in [1.82, 2.24) is 10.2 Å². The first kappa shape index (κ1) is 14.3. The molecule has 1 saturated heterocycles. The van der Waals surface area contributed by atoms with Gasteiger partial charge in [-0.1, -0.05) is 33.6 Å². The summed E-state index contributed by atoms with van der Waals surface area (Å²) in [4.78, 5) is 2.76. The average Bonchev–Trinajstić information content (AvgIpc) is 2.65. The molecule has 2 rings (SSSR count). The van der Waals surface area contributed by atoms with Crippen molar-refractivity contribution in [2.45, 2.75) is 77.8 Å². The van der Waals surface area contributed by atoms with E-state index in [4.69, 9.17) is 0 Å². The summed E-state index contributed by atoms with van der Waals surface area (Å²) in [6.07, 6.45) is 8.26. The first-order valence-corrected chi connectivity index (χ1v) is 7.89. The van der Waals surface area contributed by atoms with Crippen LogP contribution in [0, 0.1) is 5.41 Å². The van der Waals surface area contributed by atoms with E-state index < -0.39 is 0 Å². The Morgan fingerprint density at radius 2 is 1.89 bits per heavy atom. The molecule has 1 aliphatic carbocycles. The monoisotopic (exact) mass is 252 g/mol. The van der Waals surface area contributed by atoms with Crippen molar-refractivity contribution < 1.29 is 0 Å². The molecular formula is C16H32N2. The second kappa shape index (κ2) is 5.50. The van der Waals surface area contributed by atoms with Gasteiger partial charge in [0, 0.05) is 18.1 Å². The molecule has 1 N–H and O–H groups in total. The summed E-state index contributed by atoms with van der Waals surface area (Å²) >= 11 is 0. The van der Waals surface area contributed by atoms with Gasteiger partial charge >= 0.3 is 0 Å². The van der Waals surface area contributed by atoms with Gasteiger partial charge in [-0.05, 0) is 51.1 Å². The van der Waals surface area contributed by atoms with Crippen LogP contribution >= 0.6 is 0 Å². The molecule has 0 amide bonds. The van der Waals surface area contributed by atoms with Gasteiger partial charge < -0.3 is 5.32 Å². The molecule has 106 valence electrons. The summed E-state index contributed by atoms with van der Waals surface area (Å²) in [5.74, 6) is 0. The van der Waals surface area contributed by atoms with Gasteiger partial charge in [0.1, 0.15) is 0 Å². The van der Waals surface area contributed by atoms with Crippen molar-refractivity contribution in [3.63, 3.8) is 0 Å². The molecule has 0 aromatic heterocycles. The molecule has 0 radical (unpaired) electrons. The van der Waals surface area contributed by atoms with Crippen LogP contribution in [0.5, 0.6) is 0 Å². The molecule has 0 aromatic carbocycles. The Kier molecular flexibility index (Phi) is 4.38. The highest BCUT2D eigenvalue weighted by Crippen LogP contribution is 2.33. The molecule has 1 aliphatic heterocycles. The Morgan fingerprint density at radius 3 is 2.50 bits per heavy atom. The molecule has 1 unspecified atom stereocenters. The van der Waals surface area contributed by atoms with Crippen molar-refractivity contribution in [3.05, 3.63) is 0 Å². The molecule has 2 heteroatoms. The number of hydrogen-bond donors (Lipinski definition) is 1. The van der Waals surface area contributed by atoms with Crippen LogP contribution < -0.4 is 5.32 Å². The molecular weight excluding hydrogens is 220 g/mol. The molecule has 2 aliphatic rings. The predicted molar refractivity (Wildman–Crippen MR) is 78.9 cm³/mol. The van der Waals surface area contributed by atoms with Crippen LogP contribution in [-0.4, -0.2) is 36.1 Å². The summed E-state index contributed by atoms with van der Waals surface area (Å²) in [6, 6.07) is 0.750. The maximum absolute atomic E-state index is 3.87. The summed E-state index contributed by atoms with van der Waals surface area (Å²) in [7, 11) is 0. The van der Waals surface area contributed by atoms with Gasteiger partial charge in [-0.2, -0.15) is 0 Å². The van der Waals surface area contributed by atoms with Crippen LogP contribution in [0.4, 0.5) is 0 Å². The zero-order valence-corrected chi connectivity index (χ0v) is 12.9. The van der Waals surface area contributed by atoms with Gasteiger partial charge in [0.15, 0.2) is 0 Å². The first-order chi connectivity index (χ1) is 8.40. The molecule has 1 spiro atoms. The third-order valence-corrected chi connectivity index (χ3v) is 4.90. The standard InChI is InChI=1S/C16H32N2/c1-14-7-11-17-16(8-5-6-9-16)13-18(14)12-10-15(2,3)4/h14,17H,5-13H2,1-4H3. The van der Waals surface area contributed by atoms with Crippen LogP contribution in [-0.2, 0) is 0 Å². The van der Waals surface area contributed by atoms with Gasteiger partial charge in [0.2, 0.25) is 0 Å². The number of hydrogen-bond acceptors (Lipinski definition) is 2. The van der Waals surface area contributed by atoms with Crippen LogP contribution in [0.2, 0.25) is 0 Å². The first-order valence-electron chi connectivity index (χ1n) is 7.89. The van der Waals surface area contributed by atoms with Crippen LogP contribution in [0.3, 0.4) is 0 Å². The summed E-state index contributed by atoms with van der Waals surface area (Å²) in [5, 5.41) is 3.87. The Morgan fingerprint density at radius 1 is 1.22 bits per heavy atom. The zero-order chi connectivity index (χ0) is 13.2. The van der Waals surface area contributed by atoms with Gasteiger partial charge in [-0.25, -0.2) is 0 Å². The van der Waals surface area contributed by atoms with E-state index in [0.717, 1.165) is 6.04 Å². The highest BCUT2D eigenvalue weighted by atomic mass is 15.2. The smallest absolute Gasteiger partial charge is 0.0308 e. The zero-order valence-electron chi connectivity index (χ0n) is 12.9. The lowest BCUT2D eigenvalue weighted by atomic mass is 9.91. The Labute approximate surface area is 114 Å². The minimum Gasteiger partial charge on any atom is -0.310 e. The fourth-order valence-corrected chi connectivity index (χ4v) is 3.49. The van der Waals surface area contributed by atoms with E-state index in [0.29, 0.717) is 11.0 Å². The second-order valence-electron chi connectivity index (χ2n) is 7.83. The van der Waals surface area contributed by atoms with Gasteiger partial charge in [-0.15, -0.1) is 0 Å². The van der Waals surface area contributed by atoms with E-state index in [-0.39, 0.29) is 0 Å². The maximum Gasteiger partial charge on any atom is 0.0308 e. The fourth-order valence-electron chi connectivity index (χ4n) is 3.49. The predicted octanol–water partition coefficient (Wildman–Crippen LogP) is 3.42. The van der Waals surface area contributed by atoms with Crippen molar-refractivity contribution in [2.75, 3.05) is 19.6 Å². The minimum absolute atomic E-state index is 0.461. The highest BCUT2D eigenvalue weighted by Gasteiger charge is 2.38. The Hall–Kier alpha value is -0.0800. The van der Waals surface area contributed by atoms with E-state index in [1.54, 1.807) is 0 Å². The van der Waals surface area contributed by atoms with E-state index in [1.165, 1.54) is 58.2 Å². The van der Waals surface area contributed by atoms with Crippen molar-refractivity contribution in [3.8, 4) is 0 Å². The quantitative estimate of drug-likeness (QED) is 0.810. The minimum atomic E-state index is 0.461. The highest BCUT2D eigenvalue weighted by molar-refractivity contribution is 4.98. The van der Waals surface area contributed by atoms with Crippen LogP contribution in [0.1, 0.15) is 66.2 Å². The molecule has 1 atom stereocenters. The fraction of sp³-hybridized carbons (Fsp3) is 1.00. The summed E-state index contributed by atoms with van der Waals surface area (Å²) in [5.41, 5.74) is 0.922. The molecule has 0 aromatic rings. The molecule has 2 fully saturated rings. The van der Waals surface area contributed by atoms with E-state index in [1.807, 2.05) is 0 Å². The second-order valence-corrected chi connectivity index (χ2v) is 7.83. The average molecular weight is 252 g/mol. The van der Waals surface area contributed by atoms with Crippen LogP contribution in [0.25, 0.3) is 0 Å². The topological polar surface area (TPSA) is 15.3 Å². The maximum atomic E-state index is 3.87. The molecule has 0 bridgehead atoms. The third-order valence-electron chi connectivity index (χ3n) is 4.90. The van der Waals surface area contributed by atoms with E-state index in [9.17, 15) is 0 Å². The summed E-state index contributed by atoms with van der Waals surface area (Å²) in [6.45, 7) is 13.3. The lowest BCUT2D eigenvalue weighted by Crippen LogP contribution is -2.50. The lowest BCUT2D eigenvalue weighted by molar-refractivity contribution is 0.148. The number of rotatable bonds is 2. The molecule has 1 heterocycles. The lowest BCUT2D eigenvalue weighted by Gasteiger charge is -2.36. The number of nitrogens with one attached hydrogen (secondary N) is 1. The summed E-state index contributed by atoms with van der Waals surface area (Å²) < 4.78 is 0. The van der Waals surface area contributed by atoms with Crippen molar-refractivity contribution >= 4 is 0 Å². The molecule has 1 saturated carbocycles. The third kappa shape index (κ3) is 3.71. The molecule has 2 nitrogen and oxygen atoms in total. The van der Waals surface area contributed by atoms with Crippen LogP contribution in [0.15, 0.2) is 0 Å². The Balaban J connectivity index is 1.97. The SMILES string of the molecule is CC1CCNC2(CCCC2)CN1CCC(C)(C)C. The van der Waals surface area contributed by atoms with E-state index >= 15 is 0 Å². The Bertz CT molecular complexity index is 261. The van der Waals surface area contributed by atoms with Crippen molar-refractivity contribution in [1.29, 1.82) is 0 Å². The van der Waals surface area contributed by atoms with Gasteiger partial charge in [-0.3, -0.25) is 4.90 Å². The van der Waals surface area contributed by atoms with Crippen molar-refractivity contribution in [2.24, 2.45) is 5.41 Å². The normalized spacial score (nSPS) is 29.7. The van der Waals surface area contributed by atoms with Gasteiger partial charge in [0.25, 0.3) is 0 Å².